The van der Waals surface area contributed by atoms with E-state index in [1.807, 2.05) is 6.92 Å². The Morgan fingerprint density at radius 2 is 1.82 bits per heavy atom. The smallest absolute Gasteiger partial charge is 0.261 e. The minimum atomic E-state index is -3.75. The third kappa shape index (κ3) is 3.89. The highest BCUT2D eigenvalue weighted by molar-refractivity contribution is 7.92. The number of fused-ring (bicyclic) bond motifs is 2. The van der Waals surface area contributed by atoms with Gasteiger partial charge in [0.25, 0.3) is 15.9 Å². The zero-order valence-corrected chi connectivity index (χ0v) is 17.2. The number of nitrogens with one attached hydrogen (secondary N) is 2. The van der Waals surface area contributed by atoms with E-state index < -0.39 is 10.0 Å². The fourth-order valence-corrected chi connectivity index (χ4v) is 5.70. The number of hydrogen-bond donors (Lipinski definition) is 2. The Hall–Kier alpha value is -2.05. The number of sulfonamides is 1. The van der Waals surface area contributed by atoms with Crippen LogP contribution in [0.1, 0.15) is 41.6 Å². The van der Waals surface area contributed by atoms with Crippen molar-refractivity contribution in [3.05, 3.63) is 58.6 Å². The minimum absolute atomic E-state index is 0.160. The number of aryl methyl sites for hydroxylation is 1. The Kier molecular flexibility index (Phi) is 5.10. The van der Waals surface area contributed by atoms with E-state index >= 15 is 0 Å². The van der Waals surface area contributed by atoms with E-state index in [1.165, 1.54) is 31.4 Å². The van der Waals surface area contributed by atoms with E-state index in [4.69, 9.17) is 11.6 Å². The van der Waals surface area contributed by atoms with Crippen LogP contribution in [0.3, 0.4) is 0 Å². The largest absolute Gasteiger partial charge is 0.349 e. The molecule has 2 saturated carbocycles. The zero-order chi connectivity index (χ0) is 19.9. The van der Waals surface area contributed by atoms with Gasteiger partial charge < -0.3 is 5.32 Å². The third-order valence-corrected chi connectivity index (χ3v) is 7.56. The molecule has 0 spiro atoms. The van der Waals surface area contributed by atoms with Gasteiger partial charge in [0.2, 0.25) is 0 Å². The van der Waals surface area contributed by atoms with E-state index in [-0.39, 0.29) is 27.6 Å². The van der Waals surface area contributed by atoms with Crippen molar-refractivity contribution in [2.24, 2.45) is 11.8 Å². The molecule has 3 atom stereocenters. The second-order valence-corrected chi connectivity index (χ2v) is 9.96. The Labute approximate surface area is 170 Å². The van der Waals surface area contributed by atoms with Crippen LogP contribution < -0.4 is 10.0 Å². The van der Waals surface area contributed by atoms with Gasteiger partial charge >= 0.3 is 0 Å². The maximum atomic E-state index is 12.6. The second-order valence-electron chi connectivity index (χ2n) is 7.87. The SMILES string of the molecule is Cc1ccc(S(=O)(=O)Nc2ccc(C(=O)N[C@H]3C[C@H]4CC[C@@H]3C4)cc2Cl)cc1. The van der Waals surface area contributed by atoms with Gasteiger partial charge in [-0.25, -0.2) is 8.42 Å². The topological polar surface area (TPSA) is 75.3 Å². The average molecular weight is 419 g/mol. The number of carbonyl (C=O) groups is 1. The van der Waals surface area contributed by atoms with Gasteiger partial charge in [0.1, 0.15) is 0 Å². The molecule has 0 saturated heterocycles. The Morgan fingerprint density at radius 1 is 1.07 bits per heavy atom. The fraction of sp³-hybridized carbons (Fsp3) is 0.381. The average Bonchev–Trinajstić information content (AvgIpc) is 3.26. The first-order chi connectivity index (χ1) is 13.3. The van der Waals surface area contributed by atoms with Gasteiger partial charge in [-0.3, -0.25) is 9.52 Å². The summed E-state index contributed by atoms with van der Waals surface area (Å²) in [6.07, 6.45) is 4.73. The van der Waals surface area contributed by atoms with E-state index in [0.717, 1.165) is 17.9 Å². The lowest BCUT2D eigenvalue weighted by atomic mass is 9.95. The predicted octanol–water partition coefficient (Wildman–Crippen LogP) is 4.37. The number of amides is 1. The summed E-state index contributed by atoms with van der Waals surface area (Å²) in [5.41, 5.74) is 1.66. The van der Waals surface area contributed by atoms with Gasteiger partial charge in [-0.15, -0.1) is 0 Å². The van der Waals surface area contributed by atoms with Crippen LogP contribution in [0.5, 0.6) is 0 Å². The highest BCUT2D eigenvalue weighted by Crippen LogP contribution is 2.44. The van der Waals surface area contributed by atoms with Crippen molar-refractivity contribution in [1.29, 1.82) is 0 Å². The summed E-state index contributed by atoms with van der Waals surface area (Å²) in [6.45, 7) is 1.89. The Morgan fingerprint density at radius 3 is 2.43 bits per heavy atom. The van der Waals surface area contributed by atoms with Crippen molar-refractivity contribution in [3.8, 4) is 0 Å². The molecule has 2 aliphatic carbocycles. The molecule has 2 aromatic rings. The standard InChI is InChI=1S/C21H23ClN2O3S/c1-13-2-7-17(8-3-13)28(26,27)24-19-9-6-16(12-18(19)22)21(25)23-20-11-14-4-5-15(20)10-14/h2-3,6-9,12,14-15,20,24H,4-5,10-11H2,1H3,(H,23,25)/t14-,15+,20-/m0/s1. The molecular weight excluding hydrogens is 396 g/mol. The van der Waals surface area contributed by atoms with Crippen LogP contribution in [-0.4, -0.2) is 20.4 Å². The molecule has 7 heteroatoms. The molecular formula is C21H23ClN2O3S. The van der Waals surface area contributed by atoms with Gasteiger partial charge in [-0.2, -0.15) is 0 Å². The number of carbonyl (C=O) groups excluding carboxylic acids is 1. The summed E-state index contributed by atoms with van der Waals surface area (Å²) in [4.78, 5) is 12.7. The summed E-state index contributed by atoms with van der Waals surface area (Å²) >= 11 is 6.26. The van der Waals surface area contributed by atoms with E-state index in [9.17, 15) is 13.2 Å². The molecule has 5 nitrogen and oxygen atoms in total. The molecule has 2 fully saturated rings. The summed E-state index contributed by atoms with van der Waals surface area (Å²) in [6, 6.07) is 11.4. The molecule has 0 radical (unpaired) electrons. The van der Waals surface area contributed by atoms with Gasteiger partial charge in [0.05, 0.1) is 15.6 Å². The molecule has 2 aliphatic rings. The first kappa shape index (κ1) is 19.3. The van der Waals surface area contributed by atoms with Crippen LogP contribution in [0, 0.1) is 18.8 Å². The van der Waals surface area contributed by atoms with Crippen molar-refractivity contribution in [2.75, 3.05) is 4.72 Å². The molecule has 0 aliphatic heterocycles. The van der Waals surface area contributed by atoms with E-state index in [2.05, 4.69) is 10.0 Å². The highest BCUT2D eigenvalue weighted by Gasteiger charge is 2.40. The lowest BCUT2D eigenvalue weighted by Crippen LogP contribution is -2.38. The van der Waals surface area contributed by atoms with Crippen molar-refractivity contribution < 1.29 is 13.2 Å². The predicted molar refractivity (Wildman–Crippen MR) is 110 cm³/mol. The van der Waals surface area contributed by atoms with Gasteiger partial charge in [0, 0.05) is 11.6 Å². The second kappa shape index (κ2) is 7.41. The van der Waals surface area contributed by atoms with Gasteiger partial charge in [-0.05, 0) is 68.4 Å². The van der Waals surface area contributed by atoms with Gasteiger partial charge in [0.15, 0.2) is 0 Å². The third-order valence-electron chi connectivity index (χ3n) is 5.86. The van der Waals surface area contributed by atoms with Crippen LogP contribution in [0.2, 0.25) is 5.02 Å². The molecule has 2 bridgehead atoms. The monoisotopic (exact) mass is 418 g/mol. The Balaban J connectivity index is 1.46. The molecule has 2 aromatic carbocycles. The quantitative estimate of drug-likeness (QED) is 0.757. The normalized spacial score (nSPS) is 23.6. The number of anilines is 1. The van der Waals surface area contributed by atoms with Crippen LogP contribution in [0.25, 0.3) is 0 Å². The molecule has 28 heavy (non-hydrogen) atoms. The fourth-order valence-electron chi connectivity index (χ4n) is 4.33. The molecule has 148 valence electrons. The maximum Gasteiger partial charge on any atom is 0.261 e. The van der Waals surface area contributed by atoms with Crippen LogP contribution in [0.4, 0.5) is 5.69 Å². The maximum absolute atomic E-state index is 12.6. The highest BCUT2D eigenvalue weighted by atomic mass is 35.5. The summed E-state index contributed by atoms with van der Waals surface area (Å²) in [5, 5.41) is 3.31. The van der Waals surface area contributed by atoms with Crippen molar-refractivity contribution >= 4 is 33.2 Å². The molecule has 4 rings (SSSR count). The van der Waals surface area contributed by atoms with Crippen molar-refractivity contribution in [1.82, 2.24) is 5.32 Å². The molecule has 2 N–H and O–H groups in total. The lowest BCUT2D eigenvalue weighted by Gasteiger charge is -2.23. The number of halogens is 1. The molecule has 0 heterocycles. The van der Waals surface area contributed by atoms with Crippen LogP contribution in [-0.2, 0) is 10.0 Å². The molecule has 0 aromatic heterocycles. The number of benzene rings is 2. The number of hydrogen-bond acceptors (Lipinski definition) is 3. The summed E-state index contributed by atoms with van der Waals surface area (Å²) in [7, 11) is -3.75. The first-order valence-electron chi connectivity index (χ1n) is 9.52. The van der Waals surface area contributed by atoms with E-state index in [1.54, 1.807) is 30.3 Å². The first-order valence-corrected chi connectivity index (χ1v) is 11.4. The van der Waals surface area contributed by atoms with Crippen molar-refractivity contribution in [3.63, 3.8) is 0 Å². The summed E-state index contributed by atoms with van der Waals surface area (Å²) in [5.74, 6) is 1.18. The van der Waals surface area contributed by atoms with E-state index in [0.29, 0.717) is 11.5 Å². The molecule has 1 amide bonds. The molecule has 0 unspecified atom stereocenters. The van der Waals surface area contributed by atoms with Crippen molar-refractivity contribution in [2.45, 2.75) is 43.5 Å². The zero-order valence-electron chi connectivity index (χ0n) is 15.6. The minimum Gasteiger partial charge on any atom is -0.349 e. The van der Waals surface area contributed by atoms with Crippen LogP contribution >= 0.6 is 11.6 Å². The number of rotatable bonds is 5. The Bertz CT molecular complexity index is 1000. The van der Waals surface area contributed by atoms with Crippen LogP contribution in [0.15, 0.2) is 47.4 Å². The lowest BCUT2D eigenvalue weighted by molar-refractivity contribution is 0.0923. The summed E-state index contributed by atoms with van der Waals surface area (Å²) < 4.78 is 27.6. The van der Waals surface area contributed by atoms with Gasteiger partial charge in [-0.1, -0.05) is 35.7 Å².